The Hall–Kier alpha value is -1.31. The van der Waals surface area contributed by atoms with Crippen LogP contribution in [0.3, 0.4) is 0 Å². The molecule has 0 N–H and O–H groups in total. The van der Waals surface area contributed by atoms with E-state index in [-0.39, 0.29) is 5.78 Å². The molecule has 1 aromatic carbocycles. The summed E-state index contributed by atoms with van der Waals surface area (Å²) in [5.74, 6) is 1.10. The van der Waals surface area contributed by atoms with Crippen molar-refractivity contribution in [2.75, 3.05) is 0 Å². The van der Waals surface area contributed by atoms with Gasteiger partial charge in [-0.1, -0.05) is 51.2 Å². The van der Waals surface area contributed by atoms with E-state index in [2.05, 4.69) is 6.92 Å². The summed E-state index contributed by atoms with van der Waals surface area (Å²) in [6, 6.07) is 7.67. The van der Waals surface area contributed by atoms with Gasteiger partial charge in [0, 0.05) is 12.0 Å². The second-order valence-electron chi connectivity index (χ2n) is 5.79. The molecule has 1 aliphatic carbocycles. The molecule has 110 valence electrons. The van der Waals surface area contributed by atoms with Crippen LogP contribution in [0.25, 0.3) is 0 Å². The van der Waals surface area contributed by atoms with Gasteiger partial charge >= 0.3 is 0 Å². The Bertz CT molecular complexity index is 421. The van der Waals surface area contributed by atoms with Gasteiger partial charge < -0.3 is 4.74 Å². The Morgan fingerprint density at radius 3 is 2.65 bits per heavy atom. The molecule has 20 heavy (non-hydrogen) atoms. The molecule has 2 heteroatoms. The smallest absolute Gasteiger partial charge is 0.163 e. The standard InChI is InChI=1S/C18H26O2/c1-2-3-4-5-6-7-11-18(19)15-9-8-10-17(14-15)20-16-12-13-16/h8-10,14,16H,2-7,11-13H2,1H3. The predicted molar refractivity (Wildman–Crippen MR) is 82.4 cm³/mol. The number of carbonyl (C=O) groups excluding carboxylic acids is 1. The van der Waals surface area contributed by atoms with Crippen LogP contribution in [0, 0.1) is 0 Å². The summed E-state index contributed by atoms with van der Waals surface area (Å²) >= 11 is 0. The molecule has 1 aliphatic rings. The number of ether oxygens (including phenoxy) is 1. The van der Waals surface area contributed by atoms with Gasteiger partial charge in [0.2, 0.25) is 0 Å². The van der Waals surface area contributed by atoms with Gasteiger partial charge in [-0.15, -0.1) is 0 Å². The van der Waals surface area contributed by atoms with E-state index in [1.807, 2.05) is 24.3 Å². The highest BCUT2D eigenvalue weighted by Crippen LogP contribution is 2.27. The van der Waals surface area contributed by atoms with Crippen molar-refractivity contribution in [1.29, 1.82) is 0 Å². The summed E-state index contributed by atoms with van der Waals surface area (Å²) in [5, 5.41) is 0. The minimum absolute atomic E-state index is 0.252. The van der Waals surface area contributed by atoms with Crippen LogP contribution in [0.5, 0.6) is 5.75 Å². The van der Waals surface area contributed by atoms with Crippen molar-refractivity contribution in [3.05, 3.63) is 29.8 Å². The third-order valence-electron chi connectivity index (χ3n) is 3.74. The van der Waals surface area contributed by atoms with E-state index >= 15 is 0 Å². The summed E-state index contributed by atoms with van der Waals surface area (Å²) < 4.78 is 5.73. The molecule has 0 unspecified atom stereocenters. The van der Waals surface area contributed by atoms with E-state index in [1.165, 1.54) is 32.1 Å². The fourth-order valence-corrected chi connectivity index (χ4v) is 2.33. The van der Waals surface area contributed by atoms with Crippen LogP contribution in [0.15, 0.2) is 24.3 Å². The van der Waals surface area contributed by atoms with Gasteiger partial charge in [-0.2, -0.15) is 0 Å². The molecule has 0 heterocycles. The predicted octanol–water partition coefficient (Wildman–Crippen LogP) is 5.16. The third kappa shape index (κ3) is 5.36. The zero-order valence-corrected chi connectivity index (χ0v) is 12.6. The van der Waals surface area contributed by atoms with Crippen molar-refractivity contribution in [2.45, 2.75) is 70.8 Å². The van der Waals surface area contributed by atoms with Gasteiger partial charge in [0.25, 0.3) is 0 Å². The summed E-state index contributed by atoms with van der Waals surface area (Å²) in [7, 11) is 0. The first-order chi connectivity index (χ1) is 9.79. The first-order valence-corrected chi connectivity index (χ1v) is 8.09. The lowest BCUT2D eigenvalue weighted by Crippen LogP contribution is -2.01. The highest BCUT2D eigenvalue weighted by Gasteiger charge is 2.23. The molecule has 0 amide bonds. The number of hydrogen-bond acceptors (Lipinski definition) is 2. The molecule has 1 saturated carbocycles. The average Bonchev–Trinajstić information content (AvgIpc) is 3.26. The van der Waals surface area contributed by atoms with E-state index in [4.69, 9.17) is 4.74 Å². The number of unbranched alkanes of at least 4 members (excludes halogenated alkanes) is 5. The quantitative estimate of drug-likeness (QED) is 0.435. The lowest BCUT2D eigenvalue weighted by molar-refractivity contribution is 0.0978. The number of benzene rings is 1. The maximum absolute atomic E-state index is 12.1. The molecule has 0 atom stereocenters. The van der Waals surface area contributed by atoms with E-state index < -0.39 is 0 Å². The number of hydrogen-bond donors (Lipinski definition) is 0. The molecule has 1 aromatic rings. The van der Waals surface area contributed by atoms with Crippen molar-refractivity contribution in [1.82, 2.24) is 0 Å². The minimum atomic E-state index is 0.252. The Balaban J connectivity index is 1.71. The van der Waals surface area contributed by atoms with Crippen LogP contribution in [0.2, 0.25) is 0 Å². The molecular weight excluding hydrogens is 248 g/mol. The zero-order valence-electron chi connectivity index (χ0n) is 12.6. The van der Waals surface area contributed by atoms with Gasteiger partial charge in [-0.25, -0.2) is 0 Å². The van der Waals surface area contributed by atoms with Crippen molar-refractivity contribution < 1.29 is 9.53 Å². The SMILES string of the molecule is CCCCCCCCC(=O)c1cccc(OC2CC2)c1. The van der Waals surface area contributed by atoms with Crippen LogP contribution in [0.4, 0.5) is 0 Å². The average molecular weight is 274 g/mol. The second-order valence-corrected chi connectivity index (χ2v) is 5.79. The van der Waals surface area contributed by atoms with E-state index in [0.717, 1.165) is 30.6 Å². The van der Waals surface area contributed by atoms with Gasteiger partial charge in [-0.05, 0) is 31.4 Å². The molecule has 0 bridgehead atoms. The lowest BCUT2D eigenvalue weighted by atomic mass is 10.0. The maximum Gasteiger partial charge on any atom is 0.163 e. The first-order valence-electron chi connectivity index (χ1n) is 8.09. The zero-order chi connectivity index (χ0) is 14.2. The lowest BCUT2D eigenvalue weighted by Gasteiger charge is -2.06. The summed E-state index contributed by atoms with van der Waals surface area (Å²) in [6.45, 7) is 2.22. The summed E-state index contributed by atoms with van der Waals surface area (Å²) in [4.78, 5) is 12.1. The number of rotatable bonds is 10. The number of ketones is 1. The van der Waals surface area contributed by atoms with Crippen LogP contribution in [-0.4, -0.2) is 11.9 Å². The largest absolute Gasteiger partial charge is 0.490 e. The molecule has 0 spiro atoms. The molecule has 1 fully saturated rings. The molecule has 0 aliphatic heterocycles. The van der Waals surface area contributed by atoms with E-state index in [9.17, 15) is 4.79 Å². The highest BCUT2D eigenvalue weighted by molar-refractivity contribution is 5.96. The molecule has 2 nitrogen and oxygen atoms in total. The van der Waals surface area contributed by atoms with Gasteiger partial charge in [0.1, 0.15) is 5.75 Å². The molecule has 2 rings (SSSR count). The fraction of sp³-hybridized carbons (Fsp3) is 0.611. The van der Waals surface area contributed by atoms with Crippen LogP contribution < -0.4 is 4.74 Å². The Morgan fingerprint density at radius 2 is 1.90 bits per heavy atom. The first kappa shape index (κ1) is 15.1. The number of Topliss-reactive ketones (excluding diaryl/α,β-unsaturated/α-hetero) is 1. The number of carbonyl (C=O) groups is 1. The topological polar surface area (TPSA) is 26.3 Å². The van der Waals surface area contributed by atoms with E-state index in [0.29, 0.717) is 12.5 Å². The normalized spacial score (nSPS) is 14.2. The molecular formula is C18H26O2. The third-order valence-corrected chi connectivity index (χ3v) is 3.74. The Kier molecular flexibility index (Phi) is 6.10. The minimum Gasteiger partial charge on any atom is -0.490 e. The van der Waals surface area contributed by atoms with Crippen LogP contribution in [0.1, 0.15) is 75.1 Å². The molecule has 0 aromatic heterocycles. The van der Waals surface area contributed by atoms with Gasteiger partial charge in [0.15, 0.2) is 5.78 Å². The van der Waals surface area contributed by atoms with Crippen molar-refractivity contribution >= 4 is 5.78 Å². The van der Waals surface area contributed by atoms with Gasteiger partial charge in [0.05, 0.1) is 6.10 Å². The molecule has 0 radical (unpaired) electrons. The summed E-state index contributed by atoms with van der Waals surface area (Å²) in [6.07, 6.45) is 10.7. The maximum atomic E-state index is 12.1. The summed E-state index contributed by atoms with van der Waals surface area (Å²) in [5.41, 5.74) is 0.803. The van der Waals surface area contributed by atoms with Gasteiger partial charge in [-0.3, -0.25) is 4.79 Å². The van der Waals surface area contributed by atoms with Crippen molar-refractivity contribution in [3.63, 3.8) is 0 Å². The van der Waals surface area contributed by atoms with Crippen LogP contribution in [-0.2, 0) is 0 Å². The second kappa shape index (κ2) is 8.08. The monoisotopic (exact) mass is 274 g/mol. The van der Waals surface area contributed by atoms with Crippen LogP contribution >= 0.6 is 0 Å². The van der Waals surface area contributed by atoms with Crippen molar-refractivity contribution in [2.24, 2.45) is 0 Å². The Labute approximate surface area is 122 Å². The molecule has 0 saturated heterocycles. The van der Waals surface area contributed by atoms with E-state index in [1.54, 1.807) is 0 Å². The fourth-order valence-electron chi connectivity index (χ4n) is 2.33. The highest BCUT2D eigenvalue weighted by atomic mass is 16.5. The Morgan fingerprint density at radius 1 is 1.15 bits per heavy atom. The van der Waals surface area contributed by atoms with Crippen molar-refractivity contribution in [3.8, 4) is 5.75 Å².